The Morgan fingerprint density at radius 3 is 2.35 bits per heavy atom. The van der Waals surface area contributed by atoms with Crippen LogP contribution in [0.15, 0.2) is 18.2 Å². The summed E-state index contributed by atoms with van der Waals surface area (Å²) in [5.41, 5.74) is 1.02. The van der Waals surface area contributed by atoms with Crippen LogP contribution in [0.3, 0.4) is 0 Å². The minimum atomic E-state index is 0.305. The molecule has 0 amide bonds. The highest BCUT2D eigenvalue weighted by Gasteiger charge is 2.24. The largest absolute Gasteiger partial charge is 0.382 e. The summed E-state index contributed by atoms with van der Waals surface area (Å²) in [5, 5.41) is 4.66. The molecule has 2 nitrogen and oxygen atoms in total. The molecule has 1 saturated heterocycles. The van der Waals surface area contributed by atoms with Gasteiger partial charge in [-0.25, -0.2) is 0 Å². The highest BCUT2D eigenvalue weighted by molar-refractivity contribution is 6.42. The van der Waals surface area contributed by atoms with E-state index in [0.29, 0.717) is 28.3 Å². The number of benzene rings is 1. The minimum absolute atomic E-state index is 0.305. The molecule has 1 heterocycles. The van der Waals surface area contributed by atoms with Gasteiger partial charge in [-0.3, -0.25) is 0 Å². The van der Waals surface area contributed by atoms with Gasteiger partial charge in [-0.05, 0) is 44.9 Å². The number of hydrogen-bond donors (Lipinski definition) is 1. The zero-order valence-electron chi connectivity index (χ0n) is 10.0. The molecule has 1 aromatic rings. The van der Waals surface area contributed by atoms with E-state index in [0.717, 1.165) is 18.5 Å². The predicted octanol–water partition coefficient (Wildman–Crippen LogP) is 4.36. The Balaban J connectivity index is 2.02. The van der Waals surface area contributed by atoms with Crippen LogP contribution < -0.4 is 5.32 Å². The van der Waals surface area contributed by atoms with Gasteiger partial charge in [0, 0.05) is 11.7 Å². The maximum Gasteiger partial charge on any atom is 0.0612 e. The smallest absolute Gasteiger partial charge is 0.0612 e. The van der Waals surface area contributed by atoms with Crippen LogP contribution in [0.1, 0.15) is 26.7 Å². The molecule has 1 N–H and O–H groups in total. The van der Waals surface area contributed by atoms with E-state index in [4.69, 9.17) is 27.9 Å². The Hall–Kier alpha value is -0.440. The van der Waals surface area contributed by atoms with Crippen molar-refractivity contribution in [1.29, 1.82) is 0 Å². The predicted molar refractivity (Wildman–Crippen MR) is 73.1 cm³/mol. The van der Waals surface area contributed by atoms with Gasteiger partial charge in [0.15, 0.2) is 0 Å². The average Bonchev–Trinajstić information content (AvgIpc) is 2.22. The fourth-order valence-electron chi connectivity index (χ4n) is 2.34. The van der Waals surface area contributed by atoms with E-state index in [1.165, 1.54) is 0 Å². The van der Waals surface area contributed by atoms with Crippen LogP contribution in [0.2, 0.25) is 10.0 Å². The monoisotopic (exact) mass is 273 g/mol. The lowest BCUT2D eigenvalue weighted by atomic mass is 9.99. The number of nitrogens with one attached hydrogen (secondary N) is 1. The summed E-state index contributed by atoms with van der Waals surface area (Å²) in [5.74, 6) is 0. The molecule has 2 rings (SSSR count). The number of rotatable bonds is 2. The summed E-state index contributed by atoms with van der Waals surface area (Å²) < 4.78 is 5.71. The van der Waals surface area contributed by atoms with Gasteiger partial charge in [0.1, 0.15) is 0 Å². The molecule has 0 bridgehead atoms. The van der Waals surface area contributed by atoms with Gasteiger partial charge in [-0.15, -0.1) is 0 Å². The van der Waals surface area contributed by atoms with E-state index in [9.17, 15) is 0 Å². The first kappa shape index (κ1) is 13.0. The zero-order chi connectivity index (χ0) is 12.4. The minimum Gasteiger partial charge on any atom is -0.382 e. The second kappa shape index (κ2) is 5.47. The van der Waals surface area contributed by atoms with Gasteiger partial charge in [0.05, 0.1) is 22.3 Å². The van der Waals surface area contributed by atoms with Gasteiger partial charge < -0.3 is 10.1 Å². The van der Waals surface area contributed by atoms with E-state index in [-0.39, 0.29) is 0 Å². The number of anilines is 1. The second-order valence-electron chi connectivity index (χ2n) is 4.70. The van der Waals surface area contributed by atoms with Crippen LogP contribution in [-0.4, -0.2) is 18.2 Å². The van der Waals surface area contributed by atoms with Crippen molar-refractivity contribution in [2.45, 2.75) is 44.9 Å². The number of hydrogen-bond acceptors (Lipinski definition) is 2. The maximum atomic E-state index is 5.99. The van der Waals surface area contributed by atoms with Crippen molar-refractivity contribution in [2.75, 3.05) is 5.32 Å². The molecule has 1 fully saturated rings. The summed E-state index contributed by atoms with van der Waals surface area (Å²) in [7, 11) is 0. The van der Waals surface area contributed by atoms with Crippen molar-refractivity contribution in [3.05, 3.63) is 28.2 Å². The molecule has 0 spiro atoms. The highest BCUT2D eigenvalue weighted by Crippen LogP contribution is 2.27. The van der Waals surface area contributed by atoms with Gasteiger partial charge >= 0.3 is 0 Å². The third-order valence-electron chi connectivity index (χ3n) is 2.99. The summed E-state index contributed by atoms with van der Waals surface area (Å²) in [6.45, 7) is 4.22. The lowest BCUT2D eigenvalue weighted by Gasteiger charge is -2.33. The SMILES string of the molecule is CC1CC(Nc2ccc(Cl)c(Cl)c2)CC(C)O1. The van der Waals surface area contributed by atoms with Gasteiger partial charge in [-0.2, -0.15) is 0 Å². The van der Waals surface area contributed by atoms with Crippen LogP contribution >= 0.6 is 23.2 Å². The van der Waals surface area contributed by atoms with Gasteiger partial charge in [0.2, 0.25) is 0 Å². The lowest BCUT2D eigenvalue weighted by Crippen LogP contribution is -2.36. The van der Waals surface area contributed by atoms with E-state index >= 15 is 0 Å². The first-order valence-corrected chi connectivity index (χ1v) is 6.67. The Morgan fingerprint density at radius 2 is 1.76 bits per heavy atom. The third kappa shape index (κ3) is 3.51. The molecule has 94 valence electrons. The molecule has 0 saturated carbocycles. The van der Waals surface area contributed by atoms with E-state index < -0.39 is 0 Å². The highest BCUT2D eigenvalue weighted by atomic mass is 35.5. The van der Waals surface area contributed by atoms with Gasteiger partial charge in [0.25, 0.3) is 0 Å². The molecular formula is C13H17Cl2NO. The van der Waals surface area contributed by atoms with Crippen LogP contribution in [-0.2, 0) is 4.74 Å². The van der Waals surface area contributed by atoms with E-state index in [1.807, 2.05) is 18.2 Å². The van der Waals surface area contributed by atoms with Crippen molar-refractivity contribution in [1.82, 2.24) is 0 Å². The van der Waals surface area contributed by atoms with Crippen molar-refractivity contribution >= 4 is 28.9 Å². The zero-order valence-corrected chi connectivity index (χ0v) is 11.6. The normalized spacial score (nSPS) is 29.1. The molecule has 4 heteroatoms. The molecule has 1 aromatic carbocycles. The molecule has 2 unspecified atom stereocenters. The second-order valence-corrected chi connectivity index (χ2v) is 5.51. The van der Waals surface area contributed by atoms with Crippen molar-refractivity contribution in [3.63, 3.8) is 0 Å². The Labute approximate surface area is 112 Å². The summed E-state index contributed by atoms with van der Waals surface area (Å²) in [6, 6.07) is 6.08. The first-order valence-electron chi connectivity index (χ1n) is 5.91. The summed E-state index contributed by atoms with van der Waals surface area (Å²) in [4.78, 5) is 0. The summed E-state index contributed by atoms with van der Waals surface area (Å²) in [6.07, 6.45) is 2.65. The topological polar surface area (TPSA) is 21.3 Å². The molecule has 17 heavy (non-hydrogen) atoms. The molecule has 1 aliphatic heterocycles. The average molecular weight is 274 g/mol. The third-order valence-corrected chi connectivity index (χ3v) is 3.73. The molecule has 2 atom stereocenters. The van der Waals surface area contributed by atoms with Crippen molar-refractivity contribution in [3.8, 4) is 0 Å². The molecular weight excluding hydrogens is 257 g/mol. The Bertz CT molecular complexity index is 387. The van der Waals surface area contributed by atoms with Gasteiger partial charge in [-0.1, -0.05) is 23.2 Å². The fourth-order valence-corrected chi connectivity index (χ4v) is 2.64. The van der Waals surface area contributed by atoms with Crippen LogP contribution in [0.25, 0.3) is 0 Å². The van der Waals surface area contributed by atoms with Crippen LogP contribution in [0.4, 0.5) is 5.69 Å². The quantitative estimate of drug-likeness (QED) is 0.865. The first-order chi connectivity index (χ1) is 8.04. The standard InChI is InChI=1S/C13H17Cl2NO/c1-8-5-11(6-9(2)17-8)16-10-3-4-12(14)13(15)7-10/h3-4,7-9,11,16H,5-6H2,1-2H3. The molecule has 0 aliphatic carbocycles. The van der Waals surface area contributed by atoms with Crippen LogP contribution in [0.5, 0.6) is 0 Å². The molecule has 0 aromatic heterocycles. The Kier molecular flexibility index (Phi) is 4.18. The van der Waals surface area contributed by atoms with E-state index in [2.05, 4.69) is 19.2 Å². The van der Waals surface area contributed by atoms with Crippen LogP contribution in [0, 0.1) is 0 Å². The summed E-state index contributed by atoms with van der Waals surface area (Å²) >= 11 is 11.9. The number of halogens is 2. The molecule has 0 radical (unpaired) electrons. The van der Waals surface area contributed by atoms with Crippen molar-refractivity contribution < 1.29 is 4.74 Å². The lowest BCUT2D eigenvalue weighted by molar-refractivity contribution is -0.0337. The number of ether oxygens (including phenoxy) is 1. The fraction of sp³-hybridized carbons (Fsp3) is 0.538. The van der Waals surface area contributed by atoms with Crippen molar-refractivity contribution in [2.24, 2.45) is 0 Å². The van der Waals surface area contributed by atoms with E-state index in [1.54, 1.807) is 0 Å². The Morgan fingerprint density at radius 1 is 1.12 bits per heavy atom. The molecule has 1 aliphatic rings. The maximum absolute atomic E-state index is 5.99.